The molecule has 3 aromatic carbocycles. The lowest BCUT2D eigenvalue weighted by Gasteiger charge is -2.33. The van der Waals surface area contributed by atoms with E-state index >= 15 is 0 Å². The molecule has 0 aromatic heterocycles. The number of nitrogens with zero attached hydrogens (tertiary/aromatic N) is 2. The fourth-order valence-electron chi connectivity index (χ4n) is 4.05. The van der Waals surface area contributed by atoms with Gasteiger partial charge in [0, 0.05) is 31.9 Å². The first kappa shape index (κ1) is 23.2. The minimum atomic E-state index is -3.37. The molecule has 33 heavy (non-hydrogen) atoms. The first-order chi connectivity index (χ1) is 16.0. The van der Waals surface area contributed by atoms with Gasteiger partial charge in [0.2, 0.25) is 15.9 Å². The lowest BCUT2D eigenvalue weighted by Crippen LogP contribution is -2.50. The maximum atomic E-state index is 12.7. The highest BCUT2D eigenvalue weighted by Crippen LogP contribution is 2.19. The molecule has 1 aliphatic rings. The van der Waals surface area contributed by atoms with Crippen molar-refractivity contribution in [1.29, 1.82) is 0 Å². The second kappa shape index (κ2) is 10.7. The summed E-state index contributed by atoms with van der Waals surface area (Å²) in [6.07, 6.45) is 0.745. The van der Waals surface area contributed by atoms with Crippen molar-refractivity contribution in [2.75, 3.05) is 38.0 Å². The summed E-state index contributed by atoms with van der Waals surface area (Å²) in [4.78, 5) is 14.7. The zero-order valence-corrected chi connectivity index (χ0v) is 19.4. The van der Waals surface area contributed by atoms with Gasteiger partial charge in [0.15, 0.2) is 0 Å². The summed E-state index contributed by atoms with van der Waals surface area (Å²) < 4.78 is 27.0. The predicted octanol–water partition coefficient (Wildman–Crippen LogP) is 3.36. The number of amides is 1. The quantitative estimate of drug-likeness (QED) is 0.556. The van der Waals surface area contributed by atoms with Crippen LogP contribution in [0.1, 0.15) is 16.7 Å². The molecule has 1 fully saturated rings. The van der Waals surface area contributed by atoms with Gasteiger partial charge in [-0.05, 0) is 29.2 Å². The van der Waals surface area contributed by atoms with Gasteiger partial charge >= 0.3 is 0 Å². The Morgan fingerprint density at radius 3 is 2.00 bits per heavy atom. The van der Waals surface area contributed by atoms with E-state index in [9.17, 15) is 13.2 Å². The molecule has 0 saturated carbocycles. The van der Waals surface area contributed by atoms with Gasteiger partial charge in [-0.3, -0.25) is 9.69 Å². The van der Waals surface area contributed by atoms with Crippen LogP contribution in [0.3, 0.4) is 0 Å². The molecule has 3 aromatic rings. The Morgan fingerprint density at radius 1 is 0.758 bits per heavy atom. The normalized spacial score (nSPS) is 15.3. The van der Waals surface area contributed by atoms with E-state index in [0.717, 1.165) is 23.2 Å². The Labute approximate surface area is 195 Å². The average molecular weight is 464 g/mol. The van der Waals surface area contributed by atoms with Gasteiger partial charge in [-0.2, -0.15) is 4.31 Å². The van der Waals surface area contributed by atoms with E-state index in [4.69, 9.17) is 0 Å². The van der Waals surface area contributed by atoms with Crippen LogP contribution in [0, 0.1) is 0 Å². The topological polar surface area (TPSA) is 69.7 Å². The fraction of sp³-hybridized carbons (Fsp3) is 0.269. The highest BCUT2D eigenvalue weighted by Gasteiger charge is 2.27. The Bertz CT molecular complexity index is 1160. The summed E-state index contributed by atoms with van der Waals surface area (Å²) in [5, 5.41) is 3.04. The van der Waals surface area contributed by atoms with E-state index in [1.54, 1.807) is 0 Å². The van der Waals surface area contributed by atoms with Crippen molar-refractivity contribution < 1.29 is 13.2 Å². The Balaban J connectivity index is 1.29. The molecule has 4 rings (SSSR count). The molecule has 1 heterocycles. The van der Waals surface area contributed by atoms with Crippen molar-refractivity contribution in [2.24, 2.45) is 0 Å². The second-order valence-electron chi connectivity index (χ2n) is 8.28. The Kier molecular flexibility index (Phi) is 7.54. The van der Waals surface area contributed by atoms with Crippen LogP contribution in [-0.2, 0) is 27.0 Å². The number of carbonyl (C=O) groups excluding carboxylic acids is 1. The second-order valence-corrected chi connectivity index (χ2v) is 10.3. The number of piperazine rings is 1. The van der Waals surface area contributed by atoms with E-state index in [2.05, 4.69) is 17.4 Å². The summed E-state index contributed by atoms with van der Waals surface area (Å²) in [5.74, 6) is -0.0805. The fourth-order valence-corrected chi connectivity index (χ4v) is 5.56. The van der Waals surface area contributed by atoms with Crippen LogP contribution in [0.25, 0.3) is 0 Å². The number of hydrogen-bond donors (Lipinski definition) is 1. The third-order valence-corrected chi connectivity index (χ3v) is 7.66. The number of nitrogens with one attached hydrogen (secondary N) is 1. The monoisotopic (exact) mass is 463 g/mol. The van der Waals surface area contributed by atoms with Crippen molar-refractivity contribution in [3.8, 4) is 0 Å². The van der Waals surface area contributed by atoms with E-state index < -0.39 is 10.0 Å². The average Bonchev–Trinajstić information content (AvgIpc) is 2.82. The standard InChI is InChI=1S/C26H29N3O3S/c30-26(27-25-14-8-7-13-24(25)19-22-9-3-1-4-10-22)20-28-15-17-29(18-16-28)33(31,32)21-23-11-5-2-6-12-23/h1-14H,15-21H2,(H,27,30). The summed E-state index contributed by atoms with van der Waals surface area (Å²) in [7, 11) is -3.37. The molecule has 1 amide bonds. The smallest absolute Gasteiger partial charge is 0.238 e. The Hall–Kier alpha value is -3.00. The maximum absolute atomic E-state index is 12.7. The molecular weight excluding hydrogens is 434 g/mol. The molecule has 0 bridgehead atoms. The minimum Gasteiger partial charge on any atom is -0.325 e. The SMILES string of the molecule is O=C(CN1CCN(S(=O)(=O)Cc2ccccc2)CC1)Nc1ccccc1Cc1ccccc1. The van der Waals surface area contributed by atoms with Gasteiger partial charge in [-0.1, -0.05) is 78.9 Å². The molecule has 0 atom stereocenters. The van der Waals surface area contributed by atoms with E-state index in [-0.39, 0.29) is 18.2 Å². The molecule has 172 valence electrons. The summed E-state index contributed by atoms with van der Waals surface area (Å²) in [5.41, 5.74) is 3.85. The van der Waals surface area contributed by atoms with Crippen LogP contribution in [0.4, 0.5) is 5.69 Å². The van der Waals surface area contributed by atoms with Crippen molar-refractivity contribution in [2.45, 2.75) is 12.2 Å². The zero-order chi connectivity index (χ0) is 23.1. The predicted molar refractivity (Wildman–Crippen MR) is 131 cm³/mol. The molecule has 0 aliphatic carbocycles. The van der Waals surface area contributed by atoms with E-state index in [0.29, 0.717) is 26.2 Å². The van der Waals surface area contributed by atoms with Gasteiger partial charge in [0.05, 0.1) is 12.3 Å². The van der Waals surface area contributed by atoms with Crippen LogP contribution >= 0.6 is 0 Å². The molecule has 0 spiro atoms. The van der Waals surface area contributed by atoms with Crippen molar-refractivity contribution in [3.05, 3.63) is 102 Å². The van der Waals surface area contributed by atoms with E-state index in [1.165, 1.54) is 9.87 Å². The summed E-state index contributed by atoms with van der Waals surface area (Å²) in [6, 6.07) is 27.2. The lowest BCUT2D eigenvalue weighted by atomic mass is 10.0. The molecular formula is C26H29N3O3S. The highest BCUT2D eigenvalue weighted by atomic mass is 32.2. The van der Waals surface area contributed by atoms with Gasteiger partial charge in [0.25, 0.3) is 0 Å². The van der Waals surface area contributed by atoms with Crippen LogP contribution in [-0.4, -0.2) is 56.3 Å². The molecule has 0 radical (unpaired) electrons. The summed E-state index contributed by atoms with van der Waals surface area (Å²) in [6.45, 7) is 2.10. The van der Waals surface area contributed by atoms with Crippen molar-refractivity contribution in [3.63, 3.8) is 0 Å². The van der Waals surface area contributed by atoms with Gasteiger partial charge in [-0.25, -0.2) is 8.42 Å². The number of hydrogen-bond acceptors (Lipinski definition) is 4. The first-order valence-electron chi connectivity index (χ1n) is 11.2. The minimum absolute atomic E-state index is 0.00647. The summed E-state index contributed by atoms with van der Waals surface area (Å²) >= 11 is 0. The van der Waals surface area contributed by atoms with Gasteiger partial charge in [-0.15, -0.1) is 0 Å². The number of sulfonamides is 1. The zero-order valence-electron chi connectivity index (χ0n) is 18.6. The number of benzene rings is 3. The third-order valence-electron chi connectivity index (χ3n) is 5.81. The number of anilines is 1. The van der Waals surface area contributed by atoms with Crippen molar-refractivity contribution in [1.82, 2.24) is 9.21 Å². The maximum Gasteiger partial charge on any atom is 0.238 e. The number of para-hydroxylation sites is 1. The third kappa shape index (κ3) is 6.51. The molecule has 0 unspecified atom stereocenters. The Morgan fingerprint density at radius 2 is 1.33 bits per heavy atom. The van der Waals surface area contributed by atoms with Crippen LogP contribution in [0.2, 0.25) is 0 Å². The molecule has 6 nitrogen and oxygen atoms in total. The number of rotatable bonds is 8. The van der Waals surface area contributed by atoms with Gasteiger partial charge < -0.3 is 5.32 Å². The largest absolute Gasteiger partial charge is 0.325 e. The van der Waals surface area contributed by atoms with E-state index in [1.807, 2.05) is 77.7 Å². The first-order valence-corrected chi connectivity index (χ1v) is 12.8. The van der Waals surface area contributed by atoms with Gasteiger partial charge in [0.1, 0.15) is 0 Å². The molecule has 7 heteroatoms. The van der Waals surface area contributed by atoms with Crippen molar-refractivity contribution >= 4 is 21.6 Å². The molecule has 1 N–H and O–H groups in total. The lowest BCUT2D eigenvalue weighted by molar-refractivity contribution is -0.117. The number of carbonyl (C=O) groups is 1. The highest BCUT2D eigenvalue weighted by molar-refractivity contribution is 7.88. The van der Waals surface area contributed by atoms with Crippen LogP contribution in [0.5, 0.6) is 0 Å². The molecule has 1 saturated heterocycles. The van der Waals surface area contributed by atoms with Crippen LogP contribution < -0.4 is 5.32 Å². The molecule has 1 aliphatic heterocycles. The van der Waals surface area contributed by atoms with Crippen LogP contribution in [0.15, 0.2) is 84.9 Å².